The summed E-state index contributed by atoms with van der Waals surface area (Å²) in [5, 5.41) is 0.686. The first-order chi connectivity index (χ1) is 16.1. The van der Waals surface area contributed by atoms with Crippen molar-refractivity contribution in [2.24, 2.45) is 4.99 Å². The van der Waals surface area contributed by atoms with Crippen LogP contribution in [0.1, 0.15) is 16.7 Å². The predicted octanol–water partition coefficient (Wildman–Crippen LogP) is 6.14. The highest BCUT2D eigenvalue weighted by molar-refractivity contribution is 9.10. The summed E-state index contributed by atoms with van der Waals surface area (Å²) in [6.07, 6.45) is 1.85. The molecule has 3 aromatic rings. The highest BCUT2D eigenvalue weighted by atomic mass is 79.9. The van der Waals surface area contributed by atoms with E-state index < -0.39 is 0 Å². The molecule has 1 saturated heterocycles. The van der Waals surface area contributed by atoms with Gasteiger partial charge in [0.15, 0.2) is 5.17 Å². The average molecular weight is 523 g/mol. The number of ether oxygens (including phenoxy) is 2. The Morgan fingerprint density at radius 3 is 2.21 bits per heavy atom. The number of rotatable bonds is 7. The first-order valence-electron chi connectivity index (χ1n) is 10.3. The van der Waals surface area contributed by atoms with Crippen molar-refractivity contribution in [3.05, 3.63) is 98.9 Å². The fourth-order valence-electron chi connectivity index (χ4n) is 3.41. The van der Waals surface area contributed by atoms with E-state index in [1.807, 2.05) is 72.8 Å². The quantitative estimate of drug-likeness (QED) is 0.349. The third-order valence-corrected chi connectivity index (χ3v) is 6.77. The Kier molecular flexibility index (Phi) is 7.52. The molecule has 7 heteroatoms. The SMILES string of the molecule is COc1cc(OC)c(/C=C2\SC(=NCc3ccccc3)N(Cc3ccccc3)C2=O)cc1Br. The molecule has 168 valence electrons. The Morgan fingerprint density at radius 1 is 0.939 bits per heavy atom. The van der Waals surface area contributed by atoms with Crippen LogP contribution < -0.4 is 9.47 Å². The molecule has 0 bridgehead atoms. The van der Waals surface area contributed by atoms with Crippen LogP contribution >= 0.6 is 27.7 Å². The van der Waals surface area contributed by atoms with Gasteiger partial charge in [-0.05, 0) is 51.0 Å². The third kappa shape index (κ3) is 5.49. The van der Waals surface area contributed by atoms with Gasteiger partial charge in [0.1, 0.15) is 11.5 Å². The van der Waals surface area contributed by atoms with E-state index in [2.05, 4.69) is 15.9 Å². The Balaban J connectivity index is 1.68. The van der Waals surface area contributed by atoms with Gasteiger partial charge in [0, 0.05) is 11.6 Å². The Labute approximate surface area is 206 Å². The van der Waals surface area contributed by atoms with Crippen molar-refractivity contribution in [2.75, 3.05) is 14.2 Å². The van der Waals surface area contributed by atoms with Crippen molar-refractivity contribution in [1.29, 1.82) is 0 Å². The van der Waals surface area contributed by atoms with E-state index in [0.29, 0.717) is 34.7 Å². The van der Waals surface area contributed by atoms with Gasteiger partial charge in [0.05, 0.1) is 36.7 Å². The molecule has 0 unspecified atom stereocenters. The highest BCUT2D eigenvalue weighted by Crippen LogP contribution is 2.38. The molecule has 1 heterocycles. The summed E-state index contributed by atoms with van der Waals surface area (Å²) in [6.45, 7) is 0.966. The number of carbonyl (C=O) groups is 1. The first kappa shape index (κ1) is 23.1. The maximum Gasteiger partial charge on any atom is 0.267 e. The molecule has 1 aliphatic heterocycles. The molecule has 33 heavy (non-hydrogen) atoms. The lowest BCUT2D eigenvalue weighted by molar-refractivity contribution is -0.122. The highest BCUT2D eigenvalue weighted by Gasteiger charge is 2.33. The van der Waals surface area contributed by atoms with Crippen molar-refractivity contribution < 1.29 is 14.3 Å². The number of halogens is 1. The predicted molar refractivity (Wildman–Crippen MR) is 137 cm³/mol. The minimum Gasteiger partial charge on any atom is -0.496 e. The van der Waals surface area contributed by atoms with E-state index in [9.17, 15) is 4.79 Å². The molecule has 0 N–H and O–H groups in total. The monoisotopic (exact) mass is 522 g/mol. The number of amides is 1. The summed E-state index contributed by atoms with van der Waals surface area (Å²) >= 11 is 4.90. The normalized spacial score (nSPS) is 16.0. The van der Waals surface area contributed by atoms with Gasteiger partial charge < -0.3 is 9.47 Å². The number of benzene rings is 3. The molecular formula is C26H23BrN2O3S. The van der Waals surface area contributed by atoms with Crippen LogP contribution in [0.15, 0.2) is 87.2 Å². The zero-order valence-electron chi connectivity index (χ0n) is 18.3. The van der Waals surface area contributed by atoms with Gasteiger partial charge in [-0.2, -0.15) is 0 Å². The van der Waals surface area contributed by atoms with E-state index in [4.69, 9.17) is 14.5 Å². The van der Waals surface area contributed by atoms with Gasteiger partial charge in [0.25, 0.3) is 5.91 Å². The Hall–Kier alpha value is -3.03. The standard InChI is InChI=1S/C26H23BrN2O3S/c1-31-22-15-23(32-2)21(27)13-20(22)14-24-25(30)29(17-19-11-7-4-8-12-19)26(33-24)28-16-18-9-5-3-6-10-18/h3-15H,16-17H2,1-2H3/b24-14-,28-26?. The topological polar surface area (TPSA) is 51.1 Å². The van der Waals surface area contributed by atoms with Crippen molar-refractivity contribution in [3.8, 4) is 11.5 Å². The summed E-state index contributed by atoms with van der Waals surface area (Å²) in [4.78, 5) is 20.5. The van der Waals surface area contributed by atoms with Gasteiger partial charge in [-0.1, -0.05) is 60.7 Å². The number of nitrogens with zero attached hydrogens (tertiary/aromatic N) is 2. The molecule has 0 saturated carbocycles. The molecule has 0 radical (unpaired) electrons. The van der Waals surface area contributed by atoms with Crippen LogP contribution in [0.25, 0.3) is 6.08 Å². The number of thioether (sulfide) groups is 1. The number of hydrogen-bond donors (Lipinski definition) is 0. The van der Waals surface area contributed by atoms with Crippen LogP contribution in [0.4, 0.5) is 0 Å². The van der Waals surface area contributed by atoms with E-state index >= 15 is 0 Å². The number of aliphatic imine (C=N–C) groups is 1. The number of amidine groups is 1. The molecule has 1 fully saturated rings. The summed E-state index contributed by atoms with van der Waals surface area (Å²) in [5.74, 6) is 1.21. The van der Waals surface area contributed by atoms with Gasteiger partial charge in [-0.15, -0.1) is 0 Å². The second kappa shape index (κ2) is 10.7. The van der Waals surface area contributed by atoms with Gasteiger partial charge >= 0.3 is 0 Å². The lowest BCUT2D eigenvalue weighted by Crippen LogP contribution is -2.28. The summed E-state index contributed by atoms with van der Waals surface area (Å²) in [5.41, 5.74) is 2.92. The van der Waals surface area contributed by atoms with Crippen molar-refractivity contribution in [3.63, 3.8) is 0 Å². The summed E-state index contributed by atoms with van der Waals surface area (Å²) in [7, 11) is 3.20. The minimum atomic E-state index is -0.0790. The molecule has 1 aliphatic rings. The van der Waals surface area contributed by atoms with E-state index in [1.54, 1.807) is 25.2 Å². The van der Waals surface area contributed by atoms with Crippen molar-refractivity contribution in [1.82, 2.24) is 4.90 Å². The Morgan fingerprint density at radius 2 is 1.58 bits per heavy atom. The summed E-state index contributed by atoms with van der Waals surface area (Å²) in [6, 6.07) is 23.6. The minimum absolute atomic E-state index is 0.0790. The lowest BCUT2D eigenvalue weighted by atomic mass is 10.1. The molecule has 3 aromatic carbocycles. The molecule has 0 aliphatic carbocycles. The smallest absolute Gasteiger partial charge is 0.267 e. The maximum absolute atomic E-state index is 13.4. The molecule has 0 atom stereocenters. The van der Waals surface area contributed by atoms with Crippen LogP contribution in [-0.2, 0) is 17.9 Å². The number of hydrogen-bond acceptors (Lipinski definition) is 5. The molecular weight excluding hydrogens is 500 g/mol. The number of methoxy groups -OCH3 is 2. The third-order valence-electron chi connectivity index (χ3n) is 5.10. The van der Waals surface area contributed by atoms with Crippen LogP contribution in [0.3, 0.4) is 0 Å². The fraction of sp³-hybridized carbons (Fsp3) is 0.154. The van der Waals surface area contributed by atoms with Gasteiger partial charge in [-0.25, -0.2) is 0 Å². The zero-order valence-corrected chi connectivity index (χ0v) is 20.7. The van der Waals surface area contributed by atoms with Crippen LogP contribution in [0.5, 0.6) is 11.5 Å². The fourth-order valence-corrected chi connectivity index (χ4v) is 4.90. The van der Waals surface area contributed by atoms with E-state index in [1.165, 1.54) is 11.8 Å². The van der Waals surface area contributed by atoms with Crippen LogP contribution in [0, 0.1) is 0 Å². The van der Waals surface area contributed by atoms with Gasteiger partial charge in [-0.3, -0.25) is 14.7 Å². The zero-order chi connectivity index (χ0) is 23.2. The van der Waals surface area contributed by atoms with Crippen LogP contribution in [-0.4, -0.2) is 30.2 Å². The molecule has 0 spiro atoms. The van der Waals surface area contributed by atoms with Crippen molar-refractivity contribution >= 4 is 44.8 Å². The molecule has 4 rings (SSSR count). The molecule has 0 aromatic heterocycles. The molecule has 1 amide bonds. The van der Waals surface area contributed by atoms with E-state index in [0.717, 1.165) is 21.2 Å². The maximum atomic E-state index is 13.4. The summed E-state index contributed by atoms with van der Waals surface area (Å²) < 4.78 is 11.7. The Bertz CT molecular complexity index is 1200. The molecule has 5 nitrogen and oxygen atoms in total. The largest absolute Gasteiger partial charge is 0.496 e. The second-order valence-corrected chi connectivity index (χ2v) is 9.16. The average Bonchev–Trinajstić information content (AvgIpc) is 3.13. The van der Waals surface area contributed by atoms with Crippen LogP contribution in [0.2, 0.25) is 0 Å². The lowest BCUT2D eigenvalue weighted by Gasteiger charge is -2.15. The first-order valence-corrected chi connectivity index (χ1v) is 11.9. The second-order valence-electron chi connectivity index (χ2n) is 7.30. The van der Waals surface area contributed by atoms with Gasteiger partial charge in [0.2, 0.25) is 0 Å². The van der Waals surface area contributed by atoms with E-state index in [-0.39, 0.29) is 5.91 Å². The number of carbonyl (C=O) groups excluding carboxylic acids is 1. The van der Waals surface area contributed by atoms with Crippen molar-refractivity contribution in [2.45, 2.75) is 13.1 Å².